The first kappa shape index (κ1) is 13.4. The maximum absolute atomic E-state index is 11.0. The molecule has 1 fully saturated rings. The number of aromatic nitrogens is 2. The van der Waals surface area contributed by atoms with Crippen molar-refractivity contribution >= 4 is 28.2 Å². The second-order valence-electron chi connectivity index (χ2n) is 5.54. The van der Waals surface area contributed by atoms with Gasteiger partial charge in [0.25, 0.3) is 6.47 Å². The van der Waals surface area contributed by atoms with Crippen LogP contribution in [-0.4, -0.2) is 16.1 Å². The molecule has 0 N–H and O–H groups in total. The van der Waals surface area contributed by atoms with Crippen LogP contribution in [-0.2, 0) is 9.53 Å². The Labute approximate surface area is 131 Å². The monoisotopic (exact) mass is 310 g/mol. The van der Waals surface area contributed by atoms with Crippen LogP contribution in [0.5, 0.6) is 0 Å². The fourth-order valence-electron chi connectivity index (χ4n) is 3.15. The Morgan fingerprint density at radius 1 is 1.18 bits per heavy atom. The molecule has 1 heterocycles. The van der Waals surface area contributed by atoms with Crippen LogP contribution in [0.4, 0.5) is 0 Å². The molecule has 3 aromatic rings. The van der Waals surface area contributed by atoms with Gasteiger partial charge in [0.2, 0.25) is 0 Å². The minimum atomic E-state index is -0.228. The fraction of sp³-hybridized carbons (Fsp3) is 0.235. The molecule has 3 atom stereocenters. The second-order valence-corrected chi connectivity index (χ2v) is 6.29. The summed E-state index contributed by atoms with van der Waals surface area (Å²) in [6.45, 7) is 0.554. The fourth-order valence-corrected chi connectivity index (χ4v) is 3.85. The van der Waals surface area contributed by atoms with Gasteiger partial charge >= 0.3 is 0 Å². The van der Waals surface area contributed by atoms with Crippen molar-refractivity contribution in [2.24, 2.45) is 5.92 Å². The van der Waals surface area contributed by atoms with Gasteiger partial charge in [-0.1, -0.05) is 47.0 Å². The number of carbonyl (C=O) groups is 1. The summed E-state index contributed by atoms with van der Waals surface area (Å²) in [6, 6.07) is 16.3. The van der Waals surface area contributed by atoms with Crippen LogP contribution in [0.2, 0.25) is 0 Å². The van der Waals surface area contributed by atoms with Crippen LogP contribution >= 0.6 is 11.5 Å². The first-order valence-corrected chi connectivity index (χ1v) is 8.01. The number of ether oxygens (including phenoxy) is 1. The predicted molar refractivity (Wildman–Crippen MR) is 84.6 cm³/mol. The molecule has 4 rings (SSSR count). The highest BCUT2D eigenvalue weighted by Crippen LogP contribution is 2.55. The van der Waals surface area contributed by atoms with Crippen molar-refractivity contribution in [3.63, 3.8) is 0 Å². The number of fused-ring (bicyclic) bond motifs is 1. The van der Waals surface area contributed by atoms with Crippen LogP contribution in [0.15, 0.2) is 48.5 Å². The van der Waals surface area contributed by atoms with Crippen LogP contribution in [0, 0.1) is 5.92 Å². The summed E-state index contributed by atoms with van der Waals surface area (Å²) >= 11 is 1.35. The zero-order valence-corrected chi connectivity index (χ0v) is 12.6. The lowest BCUT2D eigenvalue weighted by Crippen LogP contribution is -2.07. The molecule has 3 unspecified atom stereocenters. The van der Waals surface area contributed by atoms with Crippen molar-refractivity contribution in [2.45, 2.75) is 18.4 Å². The Bertz CT molecular complexity index is 803. The average Bonchev–Trinajstić information content (AvgIpc) is 3.21. The molecule has 0 bridgehead atoms. The molecule has 1 aliphatic carbocycles. The summed E-state index contributed by atoms with van der Waals surface area (Å²) in [7, 11) is 0. The number of nitrogens with zero attached hydrogens (tertiary/aromatic N) is 2. The first-order valence-electron chi connectivity index (χ1n) is 7.23. The number of hydrogen-bond acceptors (Lipinski definition) is 5. The standard InChI is InChI=1S/C17H14N2O2S/c20-10-21-16(12-7-4-8-15-17(12)22-19-18-15)14-9-13(14)11-5-2-1-3-6-11/h1-8,10,13-14,16H,9H2. The number of hydrogen-bond donors (Lipinski definition) is 0. The lowest BCUT2D eigenvalue weighted by Gasteiger charge is -2.16. The van der Waals surface area contributed by atoms with Gasteiger partial charge in [0, 0.05) is 11.5 Å². The third-order valence-corrected chi connectivity index (χ3v) is 5.06. The zero-order chi connectivity index (χ0) is 14.9. The third-order valence-electron chi connectivity index (χ3n) is 4.27. The van der Waals surface area contributed by atoms with Crippen molar-refractivity contribution in [1.82, 2.24) is 9.59 Å². The quantitative estimate of drug-likeness (QED) is 0.674. The van der Waals surface area contributed by atoms with E-state index < -0.39 is 0 Å². The number of benzene rings is 2. The summed E-state index contributed by atoms with van der Waals surface area (Å²) in [6.07, 6.45) is 0.805. The van der Waals surface area contributed by atoms with E-state index in [2.05, 4.69) is 21.7 Å². The largest absolute Gasteiger partial charge is 0.459 e. The van der Waals surface area contributed by atoms with Gasteiger partial charge in [-0.05, 0) is 35.5 Å². The van der Waals surface area contributed by atoms with Crippen LogP contribution in [0.1, 0.15) is 29.6 Å². The normalized spacial score (nSPS) is 21.5. The molecule has 22 heavy (non-hydrogen) atoms. The smallest absolute Gasteiger partial charge is 0.293 e. The van der Waals surface area contributed by atoms with Crippen LogP contribution < -0.4 is 0 Å². The van der Waals surface area contributed by atoms with Crippen molar-refractivity contribution in [3.8, 4) is 0 Å². The zero-order valence-electron chi connectivity index (χ0n) is 11.8. The van der Waals surface area contributed by atoms with Gasteiger partial charge < -0.3 is 4.74 Å². The van der Waals surface area contributed by atoms with E-state index in [0.29, 0.717) is 18.3 Å². The Morgan fingerprint density at radius 2 is 2.05 bits per heavy atom. The molecule has 0 aliphatic heterocycles. The molecule has 1 aliphatic rings. The molecule has 4 nitrogen and oxygen atoms in total. The first-order chi connectivity index (χ1) is 10.9. The molecule has 0 saturated heterocycles. The van der Waals surface area contributed by atoms with Gasteiger partial charge in [0.05, 0.1) is 4.70 Å². The van der Waals surface area contributed by atoms with Crippen molar-refractivity contribution in [1.29, 1.82) is 0 Å². The molecular formula is C17H14N2O2S. The second kappa shape index (κ2) is 5.50. The molecule has 1 saturated carbocycles. The van der Waals surface area contributed by atoms with Gasteiger partial charge in [0.15, 0.2) is 0 Å². The molecule has 1 aromatic heterocycles. The summed E-state index contributed by atoms with van der Waals surface area (Å²) in [5.41, 5.74) is 3.18. The molecule has 110 valence electrons. The van der Waals surface area contributed by atoms with E-state index in [0.717, 1.165) is 22.2 Å². The van der Waals surface area contributed by atoms with E-state index in [1.165, 1.54) is 17.1 Å². The minimum Gasteiger partial charge on any atom is -0.459 e. The summed E-state index contributed by atoms with van der Waals surface area (Å²) in [5.74, 6) is 0.766. The lowest BCUT2D eigenvalue weighted by atomic mass is 10.0. The van der Waals surface area contributed by atoms with Crippen molar-refractivity contribution in [3.05, 3.63) is 59.7 Å². The lowest BCUT2D eigenvalue weighted by molar-refractivity contribution is -0.134. The van der Waals surface area contributed by atoms with Gasteiger partial charge in [-0.2, -0.15) is 0 Å². The Balaban J connectivity index is 1.68. The average molecular weight is 310 g/mol. The Hall–Kier alpha value is -2.27. The Kier molecular flexibility index (Phi) is 3.35. The van der Waals surface area contributed by atoms with Crippen LogP contribution in [0.25, 0.3) is 10.2 Å². The Morgan fingerprint density at radius 3 is 2.86 bits per heavy atom. The maximum atomic E-state index is 11.0. The van der Waals surface area contributed by atoms with Crippen molar-refractivity contribution < 1.29 is 9.53 Å². The minimum absolute atomic E-state index is 0.228. The maximum Gasteiger partial charge on any atom is 0.293 e. The van der Waals surface area contributed by atoms with Gasteiger partial charge in [0.1, 0.15) is 11.6 Å². The molecular weight excluding hydrogens is 296 g/mol. The predicted octanol–water partition coefficient (Wildman–Crippen LogP) is 3.71. The third kappa shape index (κ3) is 2.27. The molecule has 0 spiro atoms. The SMILES string of the molecule is O=COC(c1cccc2nnsc12)C1CC1c1ccccc1. The molecule has 5 heteroatoms. The highest BCUT2D eigenvalue weighted by molar-refractivity contribution is 7.13. The summed E-state index contributed by atoms with van der Waals surface area (Å²) in [4.78, 5) is 11.0. The van der Waals surface area contributed by atoms with E-state index >= 15 is 0 Å². The van der Waals surface area contributed by atoms with Gasteiger partial charge in [-0.25, -0.2) is 0 Å². The molecule has 2 aromatic carbocycles. The van der Waals surface area contributed by atoms with E-state index in [1.807, 2.05) is 36.4 Å². The molecule has 0 amide bonds. The van der Waals surface area contributed by atoms with E-state index in [-0.39, 0.29) is 6.10 Å². The number of carbonyl (C=O) groups excluding carboxylic acids is 1. The highest BCUT2D eigenvalue weighted by atomic mass is 32.1. The van der Waals surface area contributed by atoms with Crippen molar-refractivity contribution in [2.75, 3.05) is 0 Å². The number of rotatable bonds is 5. The summed E-state index contributed by atoms with van der Waals surface area (Å²) in [5, 5.41) is 4.10. The van der Waals surface area contributed by atoms with E-state index in [9.17, 15) is 4.79 Å². The molecule has 0 radical (unpaired) electrons. The topological polar surface area (TPSA) is 52.1 Å². The van der Waals surface area contributed by atoms with E-state index in [1.54, 1.807) is 0 Å². The van der Waals surface area contributed by atoms with E-state index in [4.69, 9.17) is 4.74 Å². The summed E-state index contributed by atoms with van der Waals surface area (Å²) < 4.78 is 10.5. The highest BCUT2D eigenvalue weighted by Gasteiger charge is 2.46. The van der Waals surface area contributed by atoms with Gasteiger partial charge in [-0.3, -0.25) is 4.79 Å². The van der Waals surface area contributed by atoms with Crippen LogP contribution in [0.3, 0.4) is 0 Å². The van der Waals surface area contributed by atoms with Gasteiger partial charge in [-0.15, -0.1) is 5.10 Å².